The molecule has 0 radical (unpaired) electrons. The maximum absolute atomic E-state index is 12.4. The topological polar surface area (TPSA) is 92.9 Å². The average Bonchev–Trinajstić information content (AvgIpc) is 2.38. The monoisotopic (exact) mass is 306 g/mol. The predicted octanol–water partition coefficient (Wildman–Crippen LogP) is 0.304. The third-order valence-electron chi connectivity index (χ3n) is 2.89. The van der Waals surface area contributed by atoms with Crippen molar-refractivity contribution < 1.29 is 18.3 Å². The van der Waals surface area contributed by atoms with Crippen LogP contribution in [-0.2, 0) is 14.8 Å². The Kier molecular flexibility index (Phi) is 4.32. The Balaban J connectivity index is 2.31. The molecule has 0 spiro atoms. The van der Waals surface area contributed by atoms with Gasteiger partial charge in [0.2, 0.25) is 10.0 Å². The number of anilines is 1. The number of halogens is 1. The summed E-state index contributed by atoms with van der Waals surface area (Å²) in [5.74, 6) is 0. The van der Waals surface area contributed by atoms with Crippen molar-refractivity contribution in [1.29, 1.82) is 0 Å². The van der Waals surface area contributed by atoms with Crippen LogP contribution in [0.2, 0.25) is 5.02 Å². The molecular weight excluding hydrogens is 292 g/mol. The molecule has 19 heavy (non-hydrogen) atoms. The van der Waals surface area contributed by atoms with E-state index >= 15 is 0 Å². The number of benzene rings is 1. The van der Waals surface area contributed by atoms with Crippen molar-refractivity contribution in [3.63, 3.8) is 0 Å². The van der Waals surface area contributed by atoms with Gasteiger partial charge in [0.25, 0.3) is 0 Å². The molecule has 1 fully saturated rings. The number of morpholine rings is 1. The van der Waals surface area contributed by atoms with Gasteiger partial charge < -0.3 is 15.6 Å². The van der Waals surface area contributed by atoms with Crippen LogP contribution in [0.1, 0.15) is 0 Å². The van der Waals surface area contributed by atoms with Crippen LogP contribution in [0.5, 0.6) is 0 Å². The van der Waals surface area contributed by atoms with E-state index < -0.39 is 16.1 Å². The number of rotatable bonds is 3. The molecule has 0 aliphatic carbocycles. The van der Waals surface area contributed by atoms with Crippen LogP contribution >= 0.6 is 11.6 Å². The molecule has 1 aliphatic rings. The van der Waals surface area contributed by atoms with Crippen LogP contribution in [0.4, 0.5) is 5.69 Å². The largest absolute Gasteiger partial charge is 0.398 e. The zero-order valence-corrected chi connectivity index (χ0v) is 11.7. The first-order valence-electron chi connectivity index (χ1n) is 5.73. The Morgan fingerprint density at radius 1 is 1.53 bits per heavy atom. The van der Waals surface area contributed by atoms with Gasteiger partial charge >= 0.3 is 0 Å². The molecule has 1 atom stereocenters. The second kappa shape index (κ2) is 5.64. The number of nitrogen functional groups attached to an aromatic ring is 1. The lowest BCUT2D eigenvalue weighted by Crippen LogP contribution is -2.46. The molecule has 6 nitrogen and oxygen atoms in total. The van der Waals surface area contributed by atoms with Crippen molar-refractivity contribution >= 4 is 27.3 Å². The van der Waals surface area contributed by atoms with E-state index in [1.165, 1.54) is 22.5 Å². The first-order valence-corrected chi connectivity index (χ1v) is 7.54. The Hall–Kier alpha value is -0.860. The smallest absolute Gasteiger partial charge is 0.245 e. The van der Waals surface area contributed by atoms with Gasteiger partial charge in [0.15, 0.2) is 0 Å². The van der Waals surface area contributed by atoms with Crippen molar-refractivity contribution in [2.24, 2.45) is 0 Å². The molecule has 1 unspecified atom stereocenters. The summed E-state index contributed by atoms with van der Waals surface area (Å²) in [4.78, 5) is 0.0236. The Morgan fingerprint density at radius 2 is 2.26 bits per heavy atom. The number of aliphatic hydroxyl groups excluding tert-OH is 1. The van der Waals surface area contributed by atoms with Crippen LogP contribution in [-0.4, -0.2) is 50.2 Å². The fourth-order valence-corrected chi connectivity index (χ4v) is 3.65. The van der Waals surface area contributed by atoms with E-state index in [1.54, 1.807) is 0 Å². The van der Waals surface area contributed by atoms with Crippen LogP contribution in [0.3, 0.4) is 0 Å². The average molecular weight is 307 g/mol. The van der Waals surface area contributed by atoms with Crippen molar-refractivity contribution in [3.8, 4) is 0 Å². The Labute approximate surface area is 116 Å². The number of aliphatic hydroxyl groups is 1. The quantitative estimate of drug-likeness (QED) is 0.784. The summed E-state index contributed by atoms with van der Waals surface area (Å²) in [6.45, 7) is 0.377. The number of hydrogen-bond donors (Lipinski definition) is 2. The summed E-state index contributed by atoms with van der Waals surface area (Å²) in [5, 5.41) is 9.43. The summed E-state index contributed by atoms with van der Waals surface area (Å²) in [5.41, 5.74) is 5.82. The highest BCUT2D eigenvalue weighted by molar-refractivity contribution is 7.89. The van der Waals surface area contributed by atoms with Gasteiger partial charge in [-0.1, -0.05) is 11.6 Å². The summed E-state index contributed by atoms with van der Waals surface area (Å²) in [6.07, 6.45) is -0.503. The van der Waals surface area contributed by atoms with E-state index in [-0.39, 0.29) is 36.9 Å². The molecule has 8 heteroatoms. The first kappa shape index (κ1) is 14.5. The van der Waals surface area contributed by atoms with Crippen molar-refractivity contribution in [3.05, 3.63) is 23.2 Å². The molecule has 1 heterocycles. The fraction of sp³-hybridized carbons (Fsp3) is 0.455. The minimum atomic E-state index is -3.69. The number of ether oxygens (including phenoxy) is 1. The highest BCUT2D eigenvalue weighted by atomic mass is 35.5. The lowest BCUT2D eigenvalue weighted by atomic mass is 10.3. The lowest BCUT2D eigenvalue weighted by molar-refractivity contribution is -0.0304. The van der Waals surface area contributed by atoms with E-state index in [9.17, 15) is 8.42 Å². The highest BCUT2D eigenvalue weighted by Crippen LogP contribution is 2.26. The molecule has 1 aromatic carbocycles. The van der Waals surface area contributed by atoms with E-state index in [1.807, 2.05) is 0 Å². The Bertz CT molecular complexity index is 564. The van der Waals surface area contributed by atoms with Crippen LogP contribution in [0.15, 0.2) is 23.1 Å². The zero-order chi connectivity index (χ0) is 14.0. The molecule has 0 bridgehead atoms. The molecule has 0 aromatic heterocycles. The minimum Gasteiger partial charge on any atom is -0.398 e. The van der Waals surface area contributed by atoms with Gasteiger partial charge in [-0.25, -0.2) is 8.42 Å². The van der Waals surface area contributed by atoms with Gasteiger partial charge in [-0.15, -0.1) is 0 Å². The molecule has 0 saturated carbocycles. The van der Waals surface area contributed by atoms with Crippen LogP contribution < -0.4 is 5.73 Å². The van der Waals surface area contributed by atoms with E-state index in [4.69, 9.17) is 27.2 Å². The van der Waals surface area contributed by atoms with E-state index in [0.717, 1.165) is 0 Å². The number of sulfonamides is 1. The molecule has 0 amide bonds. The van der Waals surface area contributed by atoms with Gasteiger partial charge in [0, 0.05) is 18.1 Å². The first-order chi connectivity index (χ1) is 8.95. The maximum Gasteiger partial charge on any atom is 0.245 e. The number of nitrogens with two attached hydrogens (primary N) is 1. The summed E-state index contributed by atoms with van der Waals surface area (Å²) >= 11 is 5.76. The second-order valence-electron chi connectivity index (χ2n) is 4.22. The lowest BCUT2D eigenvalue weighted by Gasteiger charge is -2.31. The summed E-state index contributed by atoms with van der Waals surface area (Å²) < 4.78 is 31.4. The van der Waals surface area contributed by atoms with Crippen LogP contribution in [0.25, 0.3) is 0 Å². The SMILES string of the molecule is Nc1cc(Cl)ccc1S(=O)(=O)N1CCOC(CO)C1. The maximum atomic E-state index is 12.4. The number of hydrogen-bond acceptors (Lipinski definition) is 5. The third kappa shape index (κ3) is 3.01. The molecule has 106 valence electrons. The molecule has 3 N–H and O–H groups in total. The molecule has 1 aromatic rings. The van der Waals surface area contributed by atoms with Crippen molar-refractivity contribution in [2.45, 2.75) is 11.0 Å². The summed E-state index contributed by atoms with van der Waals surface area (Å²) in [7, 11) is -3.69. The second-order valence-corrected chi connectivity index (χ2v) is 6.56. The third-order valence-corrected chi connectivity index (χ3v) is 5.07. The standard InChI is InChI=1S/C11H15ClN2O4S/c12-8-1-2-11(10(13)5-8)19(16,17)14-3-4-18-9(6-14)7-15/h1-2,5,9,15H,3-4,6-7,13H2. The zero-order valence-electron chi connectivity index (χ0n) is 10.1. The molecule has 1 saturated heterocycles. The van der Waals surface area contributed by atoms with Gasteiger partial charge in [-0.05, 0) is 18.2 Å². The normalized spacial score (nSPS) is 21.5. The summed E-state index contributed by atoms with van der Waals surface area (Å²) in [6, 6.07) is 4.27. The molecular formula is C11H15ClN2O4S. The van der Waals surface area contributed by atoms with Gasteiger partial charge in [-0.2, -0.15) is 4.31 Å². The van der Waals surface area contributed by atoms with E-state index in [2.05, 4.69) is 0 Å². The van der Waals surface area contributed by atoms with Crippen molar-refractivity contribution in [2.75, 3.05) is 32.0 Å². The molecule has 2 rings (SSSR count). The van der Waals surface area contributed by atoms with E-state index in [0.29, 0.717) is 5.02 Å². The molecule has 1 aliphatic heterocycles. The van der Waals surface area contributed by atoms with Gasteiger partial charge in [0.1, 0.15) is 4.90 Å². The number of nitrogens with zero attached hydrogens (tertiary/aromatic N) is 1. The van der Waals surface area contributed by atoms with Crippen LogP contribution in [0, 0.1) is 0 Å². The fourth-order valence-electron chi connectivity index (χ4n) is 1.91. The Morgan fingerprint density at radius 3 is 2.89 bits per heavy atom. The van der Waals surface area contributed by atoms with Gasteiger partial charge in [0.05, 0.1) is 25.0 Å². The predicted molar refractivity (Wildman–Crippen MR) is 71.4 cm³/mol. The minimum absolute atomic E-state index is 0.0236. The highest BCUT2D eigenvalue weighted by Gasteiger charge is 2.31. The van der Waals surface area contributed by atoms with Crippen molar-refractivity contribution in [1.82, 2.24) is 4.31 Å². The van der Waals surface area contributed by atoms with Gasteiger partial charge in [-0.3, -0.25) is 0 Å².